The fraction of sp³-hybridized carbons (Fsp3) is 0.520. The summed E-state index contributed by atoms with van der Waals surface area (Å²) >= 11 is 5.90. The quantitative estimate of drug-likeness (QED) is 0.315. The number of hydrogen-bond acceptors (Lipinski definition) is 9. The normalized spacial score (nSPS) is 15.9. The van der Waals surface area contributed by atoms with Gasteiger partial charge in [-0.2, -0.15) is 0 Å². The van der Waals surface area contributed by atoms with Gasteiger partial charge in [-0.1, -0.05) is 23.7 Å². The van der Waals surface area contributed by atoms with Gasteiger partial charge in [-0.05, 0) is 70.6 Å². The lowest BCUT2D eigenvalue weighted by atomic mass is 10.0. The van der Waals surface area contributed by atoms with Gasteiger partial charge in [0.05, 0.1) is 0 Å². The van der Waals surface area contributed by atoms with E-state index in [-0.39, 0.29) is 41.0 Å². The molecule has 1 aromatic carbocycles. The summed E-state index contributed by atoms with van der Waals surface area (Å²) in [6, 6.07) is 7.85. The van der Waals surface area contributed by atoms with Crippen LogP contribution in [-0.4, -0.2) is 91.0 Å². The van der Waals surface area contributed by atoms with Crippen molar-refractivity contribution in [2.45, 2.75) is 31.7 Å². The molecule has 1 atom stereocenters. The number of nitrogen functional groups attached to an aromatic ring is 2. The molecule has 1 saturated heterocycles. The Balaban J connectivity index is 1.37. The number of hydrogen-bond donors (Lipinski definition) is 4. The molecule has 1 aliphatic rings. The summed E-state index contributed by atoms with van der Waals surface area (Å²) in [7, 11) is 3.92. The molecule has 0 saturated carbocycles. The highest BCUT2D eigenvalue weighted by molar-refractivity contribution is 6.31. The minimum absolute atomic E-state index is 0.000263. The molecule has 12 heteroatoms. The second kappa shape index (κ2) is 14.0. The van der Waals surface area contributed by atoms with Gasteiger partial charge in [-0.25, -0.2) is 9.97 Å². The van der Waals surface area contributed by atoms with E-state index in [2.05, 4.69) is 25.5 Å². The maximum atomic E-state index is 12.6. The minimum atomic E-state index is -0.396. The highest BCUT2D eigenvalue weighted by Gasteiger charge is 2.24. The smallest absolute Gasteiger partial charge is 0.274 e. The van der Waals surface area contributed by atoms with E-state index in [4.69, 9.17) is 27.8 Å². The number of likely N-dealkylation sites (N-methyl/N-ethyl adjacent to an activating group) is 1. The summed E-state index contributed by atoms with van der Waals surface area (Å²) in [5.41, 5.74) is 12.6. The van der Waals surface area contributed by atoms with Crippen molar-refractivity contribution in [2.24, 2.45) is 0 Å². The molecule has 2 aromatic rings. The molecule has 1 aromatic heterocycles. The number of carbonyl (C=O) groups excluding carboxylic acids is 2. The Morgan fingerprint density at radius 3 is 2.68 bits per heavy atom. The fourth-order valence-corrected chi connectivity index (χ4v) is 4.24. The van der Waals surface area contributed by atoms with Crippen LogP contribution in [0.5, 0.6) is 5.75 Å². The van der Waals surface area contributed by atoms with E-state index in [1.165, 1.54) is 5.56 Å². The molecule has 11 nitrogen and oxygen atoms in total. The molecule has 3 rings (SSSR count). The minimum Gasteiger partial charge on any atom is -0.484 e. The highest BCUT2D eigenvalue weighted by Crippen LogP contribution is 2.19. The number of rotatable bonds is 12. The number of ether oxygens (including phenoxy) is 1. The van der Waals surface area contributed by atoms with Crippen molar-refractivity contribution in [1.82, 2.24) is 30.4 Å². The van der Waals surface area contributed by atoms with Gasteiger partial charge in [0.1, 0.15) is 5.75 Å². The first-order valence-electron chi connectivity index (χ1n) is 12.5. The van der Waals surface area contributed by atoms with Crippen LogP contribution in [0.4, 0.5) is 11.6 Å². The third-order valence-electron chi connectivity index (χ3n) is 6.07. The lowest BCUT2D eigenvalue weighted by molar-refractivity contribution is -0.123. The molecule has 2 amide bonds. The van der Waals surface area contributed by atoms with Crippen LogP contribution in [0.2, 0.25) is 5.15 Å². The number of likely N-dealkylation sites (tertiary alicyclic amines) is 1. The molecule has 0 unspecified atom stereocenters. The first kappa shape index (κ1) is 28.4. The van der Waals surface area contributed by atoms with Gasteiger partial charge in [-0.15, -0.1) is 0 Å². The maximum Gasteiger partial charge on any atom is 0.274 e. The molecular formula is C25H37ClN8O3. The molecule has 2 heterocycles. The maximum absolute atomic E-state index is 12.6. The van der Waals surface area contributed by atoms with Gasteiger partial charge in [0, 0.05) is 25.7 Å². The second-order valence-electron chi connectivity index (χ2n) is 9.44. The number of anilines is 2. The summed E-state index contributed by atoms with van der Waals surface area (Å²) in [5.74, 6) is 0.114. The van der Waals surface area contributed by atoms with Crippen molar-refractivity contribution in [3.63, 3.8) is 0 Å². The lowest BCUT2D eigenvalue weighted by Crippen LogP contribution is -2.48. The van der Waals surface area contributed by atoms with Crippen LogP contribution in [0.15, 0.2) is 24.3 Å². The van der Waals surface area contributed by atoms with E-state index < -0.39 is 5.91 Å². The molecule has 0 radical (unpaired) electrons. The number of nitrogens with two attached hydrogens (primary N) is 2. The van der Waals surface area contributed by atoms with Crippen molar-refractivity contribution in [1.29, 1.82) is 0 Å². The number of amides is 2. The van der Waals surface area contributed by atoms with Crippen LogP contribution >= 0.6 is 11.6 Å². The fourth-order valence-electron chi connectivity index (χ4n) is 4.12. The zero-order valence-corrected chi connectivity index (χ0v) is 22.3. The van der Waals surface area contributed by atoms with E-state index in [1.54, 1.807) is 0 Å². The Bertz CT molecular complexity index is 1050. The van der Waals surface area contributed by atoms with Crippen molar-refractivity contribution in [3.05, 3.63) is 40.7 Å². The number of carbonyl (C=O) groups is 2. The van der Waals surface area contributed by atoms with Crippen molar-refractivity contribution < 1.29 is 14.3 Å². The monoisotopic (exact) mass is 532 g/mol. The third kappa shape index (κ3) is 9.34. The molecule has 1 aliphatic heterocycles. The Kier molecular flexibility index (Phi) is 10.7. The third-order valence-corrected chi connectivity index (χ3v) is 6.35. The number of halogens is 1. The summed E-state index contributed by atoms with van der Waals surface area (Å²) in [5, 5.41) is 5.79. The zero-order chi connectivity index (χ0) is 26.8. The van der Waals surface area contributed by atoms with Crippen molar-refractivity contribution in [3.8, 4) is 5.75 Å². The molecule has 1 fully saturated rings. The second-order valence-corrected chi connectivity index (χ2v) is 9.79. The van der Waals surface area contributed by atoms with Gasteiger partial charge in [-0.3, -0.25) is 9.59 Å². The summed E-state index contributed by atoms with van der Waals surface area (Å²) in [6.07, 6.45) is 3.78. The Labute approximate surface area is 222 Å². The van der Waals surface area contributed by atoms with E-state index >= 15 is 0 Å². The van der Waals surface area contributed by atoms with Gasteiger partial charge >= 0.3 is 0 Å². The molecule has 202 valence electrons. The largest absolute Gasteiger partial charge is 0.484 e. The Hall–Kier alpha value is -3.15. The summed E-state index contributed by atoms with van der Waals surface area (Å²) in [6.45, 7) is 4.06. The molecule has 37 heavy (non-hydrogen) atoms. The van der Waals surface area contributed by atoms with Gasteiger partial charge < -0.3 is 36.6 Å². The predicted octanol–water partition coefficient (Wildman–Crippen LogP) is 1.18. The van der Waals surface area contributed by atoms with E-state index in [1.807, 2.05) is 43.3 Å². The van der Waals surface area contributed by atoms with E-state index in [0.29, 0.717) is 12.3 Å². The Morgan fingerprint density at radius 2 is 1.95 bits per heavy atom. The van der Waals surface area contributed by atoms with Crippen LogP contribution in [0, 0.1) is 0 Å². The van der Waals surface area contributed by atoms with Crippen molar-refractivity contribution in [2.75, 3.05) is 64.9 Å². The molecule has 0 aliphatic carbocycles. The van der Waals surface area contributed by atoms with E-state index in [9.17, 15) is 9.59 Å². The number of nitrogens with zero attached hydrogens (tertiary/aromatic N) is 4. The number of aromatic nitrogens is 2. The van der Waals surface area contributed by atoms with Crippen molar-refractivity contribution >= 4 is 35.1 Å². The molecule has 0 spiro atoms. The average molecular weight is 533 g/mol. The number of piperidine rings is 1. The standard InChI is InChI=1S/C25H37ClN8O3/c1-33(2)14-11-29-20(35)16-37-19-9-7-17(8-10-19)5-3-12-34-13-4-6-18(15-34)30-25(36)21-23(27)32-24(28)22(26)31-21/h7-10,18H,3-6,11-16H2,1-2H3,(H,29,35)(H,30,36)(H4,27,28,32)/t18-/m0/s1. The molecular weight excluding hydrogens is 496 g/mol. The summed E-state index contributed by atoms with van der Waals surface area (Å²) in [4.78, 5) is 36.7. The summed E-state index contributed by atoms with van der Waals surface area (Å²) < 4.78 is 5.58. The van der Waals surface area contributed by atoms with Crippen LogP contribution in [0.1, 0.15) is 35.3 Å². The van der Waals surface area contributed by atoms with Gasteiger partial charge in [0.25, 0.3) is 11.8 Å². The van der Waals surface area contributed by atoms with Crippen LogP contribution in [-0.2, 0) is 11.2 Å². The van der Waals surface area contributed by atoms with Crippen LogP contribution in [0.25, 0.3) is 0 Å². The molecule has 6 N–H and O–H groups in total. The average Bonchev–Trinajstić information content (AvgIpc) is 2.85. The zero-order valence-electron chi connectivity index (χ0n) is 21.5. The van der Waals surface area contributed by atoms with E-state index in [0.717, 1.165) is 51.9 Å². The lowest BCUT2D eigenvalue weighted by Gasteiger charge is -2.33. The first-order chi connectivity index (χ1) is 17.7. The predicted molar refractivity (Wildman–Crippen MR) is 145 cm³/mol. The Morgan fingerprint density at radius 1 is 1.19 bits per heavy atom. The van der Waals surface area contributed by atoms with Crippen LogP contribution < -0.4 is 26.8 Å². The van der Waals surface area contributed by atoms with Crippen LogP contribution in [0.3, 0.4) is 0 Å². The molecule has 0 bridgehead atoms. The number of benzene rings is 1. The number of nitrogens with one attached hydrogen (secondary N) is 2. The SMILES string of the molecule is CN(C)CCNC(=O)COc1ccc(CCCN2CCC[C@H](NC(=O)c3nc(Cl)c(N)nc3N)C2)cc1. The number of aryl methyl sites for hydroxylation is 1. The van der Waals surface area contributed by atoms with Gasteiger partial charge in [0.2, 0.25) is 0 Å². The topological polar surface area (TPSA) is 152 Å². The van der Waals surface area contributed by atoms with Gasteiger partial charge in [0.15, 0.2) is 29.1 Å². The highest BCUT2D eigenvalue weighted by atomic mass is 35.5. The first-order valence-corrected chi connectivity index (χ1v) is 12.8.